The van der Waals surface area contributed by atoms with Crippen LogP contribution in [0, 0.1) is 0 Å². The number of rotatable bonds is 10. The second kappa shape index (κ2) is 11.3. The van der Waals surface area contributed by atoms with Crippen molar-refractivity contribution in [2.75, 3.05) is 40.6 Å². The van der Waals surface area contributed by atoms with Crippen LogP contribution in [-0.2, 0) is 14.2 Å². The highest BCUT2D eigenvalue weighted by atomic mass is 79.9. The fraction of sp³-hybridized carbons (Fsp3) is 1.00. The highest BCUT2D eigenvalue weighted by molar-refractivity contribution is 9.09. The molecule has 15 heavy (non-hydrogen) atoms. The molecule has 0 spiro atoms. The topological polar surface area (TPSA) is 27.7 Å². The summed E-state index contributed by atoms with van der Waals surface area (Å²) in [6.45, 7) is 3.00. The summed E-state index contributed by atoms with van der Waals surface area (Å²) in [5, 5.41) is 0. The molecular formula is C10H20Br2O3. The van der Waals surface area contributed by atoms with E-state index >= 15 is 0 Å². The van der Waals surface area contributed by atoms with E-state index in [1.165, 1.54) is 0 Å². The monoisotopic (exact) mass is 346 g/mol. The maximum absolute atomic E-state index is 5.50. The molecule has 0 heterocycles. The maximum Gasteiger partial charge on any atom is 0.0588 e. The number of ether oxygens (including phenoxy) is 3. The van der Waals surface area contributed by atoms with Gasteiger partial charge in [-0.15, -0.1) is 0 Å². The molecule has 0 aliphatic carbocycles. The number of hydrogen-bond acceptors (Lipinski definition) is 3. The second-order valence-corrected chi connectivity index (χ2v) is 5.88. The minimum absolute atomic E-state index is 0.390. The quantitative estimate of drug-likeness (QED) is 0.449. The molecule has 0 aliphatic heterocycles. The molecule has 0 radical (unpaired) electrons. The Labute approximate surface area is 109 Å². The van der Waals surface area contributed by atoms with E-state index in [9.17, 15) is 0 Å². The summed E-state index contributed by atoms with van der Waals surface area (Å²) in [4.78, 5) is 0.780. The first-order chi connectivity index (χ1) is 7.20. The third-order valence-corrected chi connectivity index (χ3v) is 3.29. The third-order valence-electron chi connectivity index (χ3n) is 1.85. The van der Waals surface area contributed by atoms with Crippen LogP contribution >= 0.6 is 31.9 Å². The summed E-state index contributed by atoms with van der Waals surface area (Å²) in [7, 11) is 3.41. The number of hydrogen-bond donors (Lipinski definition) is 0. The zero-order chi connectivity index (χ0) is 11.5. The van der Waals surface area contributed by atoms with E-state index in [1.54, 1.807) is 14.2 Å². The molecular weight excluding hydrogens is 328 g/mol. The molecule has 0 aromatic heterocycles. The lowest BCUT2D eigenvalue weighted by atomic mass is 10.3. The van der Waals surface area contributed by atoms with E-state index in [4.69, 9.17) is 14.2 Å². The first-order valence-electron chi connectivity index (χ1n) is 5.04. The van der Waals surface area contributed by atoms with Gasteiger partial charge in [-0.2, -0.15) is 0 Å². The fourth-order valence-electron chi connectivity index (χ4n) is 1.05. The smallest absolute Gasteiger partial charge is 0.0588 e. The minimum atomic E-state index is 0.390. The number of methoxy groups -OCH3 is 2. The van der Waals surface area contributed by atoms with Crippen molar-refractivity contribution in [2.45, 2.75) is 22.5 Å². The van der Waals surface area contributed by atoms with E-state index in [0.717, 1.165) is 39.3 Å². The van der Waals surface area contributed by atoms with Gasteiger partial charge in [0.05, 0.1) is 13.2 Å². The van der Waals surface area contributed by atoms with Crippen LogP contribution in [0.15, 0.2) is 0 Å². The van der Waals surface area contributed by atoms with Gasteiger partial charge in [0.1, 0.15) is 0 Å². The number of halogens is 2. The Bertz CT molecular complexity index is 122. The van der Waals surface area contributed by atoms with E-state index in [-0.39, 0.29) is 0 Å². The Balaban J connectivity index is 3.17. The summed E-state index contributed by atoms with van der Waals surface area (Å²) in [5.74, 6) is 0. The van der Waals surface area contributed by atoms with Gasteiger partial charge in [0, 0.05) is 37.1 Å². The molecule has 3 nitrogen and oxygen atoms in total. The summed E-state index contributed by atoms with van der Waals surface area (Å²) < 4.78 is 15.5. The van der Waals surface area contributed by atoms with Gasteiger partial charge in [0.15, 0.2) is 0 Å². The molecule has 0 aromatic carbocycles. The Morgan fingerprint density at radius 2 is 1.27 bits per heavy atom. The zero-order valence-corrected chi connectivity index (χ0v) is 12.6. The molecule has 0 saturated carbocycles. The van der Waals surface area contributed by atoms with Crippen LogP contribution in [0.25, 0.3) is 0 Å². The minimum Gasteiger partial charge on any atom is -0.384 e. The Hall–Kier alpha value is 0.840. The van der Waals surface area contributed by atoms with Gasteiger partial charge in [0.2, 0.25) is 0 Å². The van der Waals surface area contributed by atoms with Gasteiger partial charge in [0.25, 0.3) is 0 Å². The first kappa shape index (κ1) is 15.8. The van der Waals surface area contributed by atoms with E-state index in [2.05, 4.69) is 31.9 Å². The molecule has 0 amide bonds. The molecule has 0 fully saturated rings. The molecule has 2 unspecified atom stereocenters. The molecule has 92 valence electrons. The summed E-state index contributed by atoms with van der Waals surface area (Å²) in [5.41, 5.74) is 0. The van der Waals surface area contributed by atoms with Gasteiger partial charge in [-0.3, -0.25) is 0 Å². The van der Waals surface area contributed by atoms with Crippen molar-refractivity contribution in [1.29, 1.82) is 0 Å². The highest BCUT2D eigenvalue weighted by Gasteiger charge is 2.05. The van der Waals surface area contributed by atoms with E-state index in [1.807, 2.05) is 0 Å². The van der Waals surface area contributed by atoms with Crippen molar-refractivity contribution in [1.82, 2.24) is 0 Å². The van der Waals surface area contributed by atoms with Gasteiger partial charge in [-0.05, 0) is 12.8 Å². The zero-order valence-electron chi connectivity index (χ0n) is 9.38. The lowest BCUT2D eigenvalue weighted by Gasteiger charge is -2.11. The van der Waals surface area contributed by atoms with Crippen LogP contribution in [0.4, 0.5) is 0 Å². The maximum atomic E-state index is 5.50. The van der Waals surface area contributed by atoms with Crippen LogP contribution in [0.2, 0.25) is 0 Å². The average Bonchev–Trinajstić information content (AvgIpc) is 2.18. The van der Waals surface area contributed by atoms with Crippen molar-refractivity contribution in [3.8, 4) is 0 Å². The molecule has 0 bridgehead atoms. The lowest BCUT2D eigenvalue weighted by Crippen LogP contribution is -2.13. The van der Waals surface area contributed by atoms with Crippen LogP contribution in [0.5, 0.6) is 0 Å². The number of alkyl halides is 2. The molecule has 0 rings (SSSR count). The Morgan fingerprint density at radius 1 is 0.867 bits per heavy atom. The van der Waals surface area contributed by atoms with Crippen LogP contribution in [0.1, 0.15) is 12.8 Å². The predicted octanol–water partition coefficient (Wildman–Crippen LogP) is 2.60. The first-order valence-corrected chi connectivity index (χ1v) is 6.87. The van der Waals surface area contributed by atoms with Crippen LogP contribution in [-0.4, -0.2) is 50.3 Å². The average molecular weight is 348 g/mol. The Morgan fingerprint density at radius 3 is 1.60 bits per heavy atom. The van der Waals surface area contributed by atoms with Gasteiger partial charge < -0.3 is 14.2 Å². The van der Waals surface area contributed by atoms with Crippen molar-refractivity contribution in [3.05, 3.63) is 0 Å². The van der Waals surface area contributed by atoms with Crippen molar-refractivity contribution < 1.29 is 14.2 Å². The van der Waals surface area contributed by atoms with Crippen LogP contribution in [0.3, 0.4) is 0 Å². The molecule has 0 saturated heterocycles. The van der Waals surface area contributed by atoms with Crippen molar-refractivity contribution in [2.24, 2.45) is 0 Å². The predicted molar refractivity (Wildman–Crippen MR) is 69.2 cm³/mol. The standard InChI is InChI=1S/C10H20Br2O3/c1-13-7-9(11)3-5-15-6-4-10(12)8-14-2/h9-10H,3-8H2,1-2H3. The molecule has 0 aliphatic rings. The largest absolute Gasteiger partial charge is 0.384 e. The summed E-state index contributed by atoms with van der Waals surface area (Å²) in [6, 6.07) is 0. The molecule has 0 aromatic rings. The third kappa shape index (κ3) is 11.1. The SMILES string of the molecule is COCC(Br)CCOCCC(Br)COC. The van der Waals surface area contributed by atoms with Gasteiger partial charge in [-0.25, -0.2) is 0 Å². The van der Waals surface area contributed by atoms with Gasteiger partial charge in [-0.1, -0.05) is 31.9 Å². The van der Waals surface area contributed by atoms with E-state index < -0.39 is 0 Å². The normalized spacial score (nSPS) is 15.2. The summed E-state index contributed by atoms with van der Waals surface area (Å²) >= 11 is 7.02. The Kier molecular flexibility index (Phi) is 12.0. The molecule has 0 N–H and O–H groups in total. The highest BCUT2D eigenvalue weighted by Crippen LogP contribution is 2.08. The second-order valence-electron chi connectivity index (χ2n) is 3.29. The van der Waals surface area contributed by atoms with E-state index in [0.29, 0.717) is 9.65 Å². The molecule has 2 atom stereocenters. The molecule has 5 heteroatoms. The lowest BCUT2D eigenvalue weighted by molar-refractivity contribution is 0.113. The summed E-state index contributed by atoms with van der Waals surface area (Å²) in [6.07, 6.45) is 1.95. The van der Waals surface area contributed by atoms with Crippen molar-refractivity contribution in [3.63, 3.8) is 0 Å². The van der Waals surface area contributed by atoms with Crippen LogP contribution < -0.4 is 0 Å². The van der Waals surface area contributed by atoms with Gasteiger partial charge >= 0.3 is 0 Å². The fourth-order valence-corrected chi connectivity index (χ4v) is 1.96. The van der Waals surface area contributed by atoms with Crippen molar-refractivity contribution >= 4 is 31.9 Å².